The lowest BCUT2D eigenvalue weighted by Gasteiger charge is -2.18. The molecule has 0 aliphatic carbocycles. The largest absolute Gasteiger partial charge is 0.469 e. The van der Waals surface area contributed by atoms with Crippen LogP contribution in [-0.4, -0.2) is 41.0 Å². The van der Waals surface area contributed by atoms with E-state index >= 15 is 0 Å². The molecule has 0 radical (unpaired) electrons. The minimum Gasteiger partial charge on any atom is -0.462 e. The van der Waals surface area contributed by atoms with Gasteiger partial charge in [0.1, 0.15) is 6.61 Å². The fraction of sp³-hybridized carbons (Fsp3) is 0.674. The van der Waals surface area contributed by atoms with Crippen molar-refractivity contribution in [3.63, 3.8) is 0 Å². The van der Waals surface area contributed by atoms with Gasteiger partial charge < -0.3 is 19.3 Å². The number of carbonyl (C=O) groups excluding carboxylic acids is 2. The van der Waals surface area contributed by atoms with Crippen molar-refractivity contribution in [1.29, 1.82) is 0 Å². The Labute approximate surface area is 317 Å². The van der Waals surface area contributed by atoms with Gasteiger partial charge in [-0.1, -0.05) is 151 Å². The molecular weight excluding hydrogens is 675 g/mol. The summed E-state index contributed by atoms with van der Waals surface area (Å²) >= 11 is 0. The van der Waals surface area contributed by atoms with Crippen molar-refractivity contribution in [3.05, 3.63) is 73.4 Å². The third kappa shape index (κ3) is 40.3. The van der Waals surface area contributed by atoms with Gasteiger partial charge in [-0.3, -0.25) is 14.1 Å². The van der Waals surface area contributed by atoms with Crippen LogP contribution in [-0.2, 0) is 28.2 Å². The second-order valence-corrected chi connectivity index (χ2v) is 14.6. The summed E-state index contributed by atoms with van der Waals surface area (Å²) in [6, 6.07) is 0. The molecule has 0 aliphatic heterocycles. The highest BCUT2D eigenvalue weighted by Crippen LogP contribution is 2.36. The molecule has 0 aromatic heterocycles. The fourth-order valence-corrected chi connectivity index (χ4v) is 5.74. The number of unbranched alkanes of at least 4 members (excludes halogenated alkanes) is 16. The van der Waals surface area contributed by atoms with Gasteiger partial charge in [0, 0.05) is 12.8 Å². The van der Waals surface area contributed by atoms with Crippen LogP contribution in [0.4, 0.5) is 0 Å². The third-order valence-corrected chi connectivity index (χ3v) is 8.84. The van der Waals surface area contributed by atoms with Crippen LogP contribution in [0.2, 0.25) is 0 Å². The predicted molar refractivity (Wildman–Crippen MR) is 216 cm³/mol. The van der Waals surface area contributed by atoms with Gasteiger partial charge in [0.15, 0.2) is 6.10 Å². The maximum atomic E-state index is 12.4. The summed E-state index contributed by atoms with van der Waals surface area (Å²) in [5.74, 6) is -0.929. The molecule has 0 saturated heterocycles. The van der Waals surface area contributed by atoms with E-state index < -0.39 is 32.5 Å². The molecule has 0 amide bonds. The van der Waals surface area contributed by atoms with E-state index in [9.17, 15) is 14.2 Å². The predicted octanol–water partition coefficient (Wildman–Crippen LogP) is 12.3. The summed E-state index contributed by atoms with van der Waals surface area (Å²) in [5.41, 5.74) is 0. The first-order valence-electron chi connectivity index (χ1n) is 20.2. The first-order valence-corrected chi connectivity index (χ1v) is 21.7. The number of phosphoric acid groups is 1. The molecule has 2 N–H and O–H groups in total. The standard InChI is InChI=1S/C43H73O8P/c1-3-5-7-9-11-13-15-17-19-20-21-22-24-25-27-29-31-33-35-37-42(44)49-39-41(40-50-52(46,47)48)51-43(45)38-36-34-32-30-28-26-23-18-16-14-12-10-8-6-4-2/h4-5,7,11,13,17,19,21-22,25,27,41H,2-3,6,8-10,12,14-16,18,20,23-24,26,28-40H2,1H3,(H2,46,47,48)/b7-5+,13-11+,19-17+,22-21+,27-25+/t41-/m1/s1. The van der Waals surface area contributed by atoms with Gasteiger partial charge in [0.25, 0.3) is 0 Å². The Morgan fingerprint density at radius 2 is 0.962 bits per heavy atom. The van der Waals surface area contributed by atoms with Crippen LogP contribution in [0.15, 0.2) is 73.4 Å². The number of phosphoric ester groups is 1. The summed E-state index contributed by atoms with van der Waals surface area (Å²) in [4.78, 5) is 42.8. The number of ether oxygens (including phenoxy) is 2. The van der Waals surface area contributed by atoms with Crippen molar-refractivity contribution in [1.82, 2.24) is 0 Å². The summed E-state index contributed by atoms with van der Waals surface area (Å²) in [6.45, 7) is 5.05. The Bertz CT molecular complexity index is 1060. The summed E-state index contributed by atoms with van der Waals surface area (Å²) in [5, 5.41) is 0. The molecule has 0 aromatic rings. The van der Waals surface area contributed by atoms with Crippen LogP contribution in [0, 0.1) is 0 Å². The minimum atomic E-state index is -4.76. The van der Waals surface area contributed by atoms with E-state index in [-0.39, 0.29) is 19.4 Å². The zero-order valence-electron chi connectivity index (χ0n) is 32.5. The zero-order chi connectivity index (χ0) is 38.2. The molecule has 0 fully saturated rings. The highest BCUT2D eigenvalue weighted by Gasteiger charge is 2.22. The van der Waals surface area contributed by atoms with Gasteiger partial charge in [0.2, 0.25) is 0 Å². The Kier molecular flexibility index (Phi) is 36.4. The van der Waals surface area contributed by atoms with Crippen molar-refractivity contribution in [2.45, 2.75) is 174 Å². The first-order chi connectivity index (χ1) is 25.3. The molecule has 0 spiro atoms. The topological polar surface area (TPSA) is 119 Å². The molecule has 0 bridgehead atoms. The lowest BCUT2D eigenvalue weighted by atomic mass is 10.0. The van der Waals surface area contributed by atoms with Gasteiger partial charge in [-0.15, -0.1) is 6.58 Å². The Hall–Kier alpha value is -2.51. The van der Waals surface area contributed by atoms with E-state index in [4.69, 9.17) is 19.3 Å². The first kappa shape index (κ1) is 49.5. The van der Waals surface area contributed by atoms with Gasteiger partial charge in [0.05, 0.1) is 6.61 Å². The maximum Gasteiger partial charge on any atom is 0.469 e. The second-order valence-electron chi connectivity index (χ2n) is 13.3. The van der Waals surface area contributed by atoms with Crippen LogP contribution in [0.1, 0.15) is 167 Å². The highest BCUT2D eigenvalue weighted by atomic mass is 31.2. The summed E-state index contributed by atoms with van der Waals surface area (Å²) in [6.07, 6.45) is 48.0. The highest BCUT2D eigenvalue weighted by molar-refractivity contribution is 7.46. The molecule has 0 unspecified atom stereocenters. The molecule has 0 heterocycles. The van der Waals surface area contributed by atoms with E-state index in [1.54, 1.807) is 0 Å². The number of rotatable bonds is 37. The number of hydrogen-bond acceptors (Lipinski definition) is 6. The van der Waals surface area contributed by atoms with Gasteiger partial charge in [-0.05, 0) is 70.6 Å². The molecule has 0 rings (SSSR count). The Balaban J connectivity index is 4.00. The summed E-state index contributed by atoms with van der Waals surface area (Å²) in [7, 11) is -4.76. The quantitative estimate of drug-likeness (QED) is 0.0279. The van der Waals surface area contributed by atoms with E-state index in [0.29, 0.717) is 12.8 Å². The molecule has 0 saturated carbocycles. The van der Waals surface area contributed by atoms with Crippen LogP contribution in [0.25, 0.3) is 0 Å². The average Bonchev–Trinajstić information content (AvgIpc) is 3.11. The number of esters is 2. The lowest BCUT2D eigenvalue weighted by molar-refractivity contribution is -0.161. The van der Waals surface area contributed by atoms with Gasteiger partial charge >= 0.3 is 19.8 Å². The SMILES string of the molecule is C=CCCCCCCCCCCCCCCCC(=O)O[C@H](COC(=O)CCCCC/C=C/C/C=C/C/C=C/C/C=C/C/C=C/CC)COP(=O)(O)O. The third-order valence-electron chi connectivity index (χ3n) is 8.36. The van der Waals surface area contributed by atoms with Crippen molar-refractivity contribution < 1.29 is 37.9 Å². The van der Waals surface area contributed by atoms with Crippen molar-refractivity contribution in [2.75, 3.05) is 13.2 Å². The van der Waals surface area contributed by atoms with Crippen LogP contribution in [0.3, 0.4) is 0 Å². The monoisotopic (exact) mass is 749 g/mol. The Morgan fingerprint density at radius 1 is 0.558 bits per heavy atom. The molecule has 1 atom stereocenters. The van der Waals surface area contributed by atoms with Crippen LogP contribution in [0.5, 0.6) is 0 Å². The van der Waals surface area contributed by atoms with Gasteiger partial charge in [-0.25, -0.2) is 4.57 Å². The number of allylic oxidation sites excluding steroid dienone is 11. The molecule has 298 valence electrons. The molecular formula is C43H73O8P. The maximum absolute atomic E-state index is 12.4. The zero-order valence-corrected chi connectivity index (χ0v) is 33.4. The molecule has 8 nitrogen and oxygen atoms in total. The van der Waals surface area contributed by atoms with Crippen molar-refractivity contribution >= 4 is 19.8 Å². The van der Waals surface area contributed by atoms with Crippen LogP contribution >= 0.6 is 7.82 Å². The second kappa shape index (κ2) is 38.2. The van der Waals surface area contributed by atoms with Crippen molar-refractivity contribution in [2.24, 2.45) is 0 Å². The smallest absolute Gasteiger partial charge is 0.462 e. The molecule has 9 heteroatoms. The average molecular weight is 749 g/mol. The molecule has 0 aromatic carbocycles. The molecule has 52 heavy (non-hydrogen) atoms. The number of hydrogen-bond donors (Lipinski definition) is 2. The normalized spacial score (nSPS) is 13.0. The van der Waals surface area contributed by atoms with E-state index in [1.165, 1.54) is 57.8 Å². The minimum absolute atomic E-state index is 0.199. The fourth-order valence-electron chi connectivity index (χ4n) is 5.38. The van der Waals surface area contributed by atoms with E-state index in [2.05, 4.69) is 78.8 Å². The number of carbonyl (C=O) groups is 2. The molecule has 0 aliphatic rings. The van der Waals surface area contributed by atoms with E-state index in [0.717, 1.165) is 77.0 Å². The van der Waals surface area contributed by atoms with Gasteiger partial charge in [-0.2, -0.15) is 0 Å². The van der Waals surface area contributed by atoms with Crippen LogP contribution < -0.4 is 0 Å². The Morgan fingerprint density at radius 3 is 1.44 bits per heavy atom. The van der Waals surface area contributed by atoms with Crippen molar-refractivity contribution in [3.8, 4) is 0 Å². The lowest BCUT2D eigenvalue weighted by Crippen LogP contribution is -2.29. The summed E-state index contributed by atoms with van der Waals surface area (Å²) < 4.78 is 26.3. The van der Waals surface area contributed by atoms with E-state index in [1.807, 2.05) is 6.08 Å².